The van der Waals surface area contributed by atoms with E-state index in [1.54, 1.807) is 0 Å². The molecule has 22 heavy (non-hydrogen) atoms. The third-order valence-electron chi connectivity index (χ3n) is 5.02. The maximum absolute atomic E-state index is 11.8. The molecule has 1 spiro atoms. The van der Waals surface area contributed by atoms with E-state index in [1.165, 1.54) is 0 Å². The van der Waals surface area contributed by atoms with Crippen molar-refractivity contribution in [1.82, 2.24) is 14.9 Å². The second-order valence-electron chi connectivity index (χ2n) is 6.86. The minimum absolute atomic E-state index is 0.0108. The lowest BCUT2D eigenvalue weighted by Gasteiger charge is -2.39. The fourth-order valence-electron chi connectivity index (χ4n) is 4.04. The molecule has 2 aliphatic rings. The van der Waals surface area contributed by atoms with Crippen molar-refractivity contribution >= 4 is 20.9 Å². The summed E-state index contributed by atoms with van der Waals surface area (Å²) in [5, 5.41) is 0. The SMILES string of the molecule is O=S1(=O)CCC2(CCCN(Cc3nc4ccccc4[nH]3)C2)C1. The van der Waals surface area contributed by atoms with Gasteiger partial charge in [-0.05, 0) is 43.4 Å². The minimum Gasteiger partial charge on any atom is -0.341 e. The van der Waals surface area contributed by atoms with Crippen LogP contribution in [0.25, 0.3) is 11.0 Å². The highest BCUT2D eigenvalue weighted by molar-refractivity contribution is 7.91. The van der Waals surface area contributed by atoms with Gasteiger partial charge in [-0.25, -0.2) is 13.4 Å². The Balaban J connectivity index is 1.51. The summed E-state index contributed by atoms with van der Waals surface area (Å²) in [6, 6.07) is 8.04. The molecular formula is C16H21N3O2S. The lowest BCUT2D eigenvalue weighted by molar-refractivity contribution is 0.100. The average molecular weight is 319 g/mol. The molecule has 0 radical (unpaired) electrons. The van der Waals surface area contributed by atoms with Crippen LogP contribution in [0.4, 0.5) is 0 Å². The molecule has 2 aromatic rings. The van der Waals surface area contributed by atoms with E-state index in [4.69, 9.17) is 0 Å². The summed E-state index contributed by atoms with van der Waals surface area (Å²) in [6.07, 6.45) is 2.95. The highest BCUT2D eigenvalue weighted by Crippen LogP contribution is 2.40. The lowest BCUT2D eigenvalue weighted by Crippen LogP contribution is -2.43. The number of aromatic amines is 1. The summed E-state index contributed by atoms with van der Waals surface area (Å²) >= 11 is 0. The van der Waals surface area contributed by atoms with Crippen LogP contribution in [0, 0.1) is 5.41 Å². The van der Waals surface area contributed by atoms with Gasteiger partial charge in [-0.3, -0.25) is 4.90 Å². The van der Waals surface area contributed by atoms with E-state index >= 15 is 0 Å². The van der Waals surface area contributed by atoms with E-state index in [-0.39, 0.29) is 5.41 Å². The third-order valence-corrected chi connectivity index (χ3v) is 6.90. The first-order valence-electron chi connectivity index (χ1n) is 7.90. The number of H-pyrrole nitrogens is 1. The number of sulfone groups is 1. The number of hydrogen-bond donors (Lipinski definition) is 1. The first-order chi connectivity index (χ1) is 10.5. The zero-order chi connectivity index (χ0) is 15.2. The van der Waals surface area contributed by atoms with Crippen LogP contribution in [0.3, 0.4) is 0 Å². The molecule has 1 N–H and O–H groups in total. The molecule has 0 bridgehead atoms. The Morgan fingerprint density at radius 1 is 1.27 bits per heavy atom. The van der Waals surface area contributed by atoms with Crippen molar-refractivity contribution in [2.75, 3.05) is 24.6 Å². The summed E-state index contributed by atoms with van der Waals surface area (Å²) in [7, 11) is -2.82. The molecule has 1 aromatic carbocycles. The molecule has 1 atom stereocenters. The van der Waals surface area contributed by atoms with Crippen LogP contribution in [0.15, 0.2) is 24.3 Å². The average Bonchev–Trinajstić information content (AvgIpc) is 2.99. The fraction of sp³-hybridized carbons (Fsp3) is 0.562. The van der Waals surface area contributed by atoms with E-state index < -0.39 is 9.84 Å². The predicted molar refractivity (Wildman–Crippen MR) is 86.3 cm³/mol. The van der Waals surface area contributed by atoms with Crippen molar-refractivity contribution in [3.05, 3.63) is 30.1 Å². The van der Waals surface area contributed by atoms with Gasteiger partial charge in [0.1, 0.15) is 5.82 Å². The Labute approximate surface area is 130 Å². The fourth-order valence-corrected chi connectivity index (χ4v) is 6.24. The largest absolute Gasteiger partial charge is 0.341 e. The third kappa shape index (κ3) is 2.65. The Morgan fingerprint density at radius 2 is 2.14 bits per heavy atom. The summed E-state index contributed by atoms with van der Waals surface area (Å²) < 4.78 is 23.7. The molecule has 5 nitrogen and oxygen atoms in total. The Morgan fingerprint density at radius 3 is 2.91 bits per heavy atom. The van der Waals surface area contributed by atoms with Gasteiger partial charge >= 0.3 is 0 Å². The van der Waals surface area contributed by atoms with Crippen molar-refractivity contribution in [3.8, 4) is 0 Å². The molecule has 4 rings (SSSR count). The molecule has 118 valence electrons. The smallest absolute Gasteiger partial charge is 0.150 e. The van der Waals surface area contributed by atoms with E-state index in [9.17, 15) is 8.42 Å². The standard InChI is InChI=1S/C16H21N3O2S/c20-22(21)9-7-16(12-22)6-3-8-19(11-16)10-15-17-13-4-1-2-5-14(13)18-15/h1-2,4-5H,3,6-12H2,(H,17,18). The molecule has 6 heteroatoms. The van der Waals surface area contributed by atoms with Gasteiger partial charge in [0, 0.05) is 6.54 Å². The van der Waals surface area contributed by atoms with Crippen LogP contribution in [0.5, 0.6) is 0 Å². The van der Waals surface area contributed by atoms with E-state index in [0.717, 1.165) is 55.8 Å². The van der Waals surface area contributed by atoms with Gasteiger partial charge < -0.3 is 4.98 Å². The summed E-state index contributed by atoms with van der Waals surface area (Å²) in [4.78, 5) is 10.4. The zero-order valence-electron chi connectivity index (χ0n) is 12.6. The van der Waals surface area contributed by atoms with Gasteiger partial charge in [0.15, 0.2) is 9.84 Å². The number of nitrogens with one attached hydrogen (secondary N) is 1. The van der Waals surface area contributed by atoms with Gasteiger partial charge in [-0.15, -0.1) is 0 Å². The van der Waals surface area contributed by atoms with Crippen molar-refractivity contribution < 1.29 is 8.42 Å². The normalized spacial score (nSPS) is 28.5. The van der Waals surface area contributed by atoms with E-state index in [2.05, 4.69) is 14.9 Å². The second-order valence-corrected chi connectivity index (χ2v) is 9.04. The second kappa shape index (κ2) is 5.06. The molecule has 0 saturated carbocycles. The molecular weight excluding hydrogens is 298 g/mol. The number of benzene rings is 1. The Kier molecular flexibility index (Phi) is 3.27. The molecule has 0 aliphatic carbocycles. The first kappa shape index (κ1) is 14.2. The topological polar surface area (TPSA) is 66.1 Å². The summed E-state index contributed by atoms with van der Waals surface area (Å²) in [6.45, 7) is 2.68. The maximum Gasteiger partial charge on any atom is 0.150 e. The number of para-hydroxylation sites is 2. The van der Waals surface area contributed by atoms with Crippen molar-refractivity contribution in [3.63, 3.8) is 0 Å². The molecule has 1 aromatic heterocycles. The van der Waals surface area contributed by atoms with E-state index in [0.29, 0.717) is 11.5 Å². The maximum atomic E-state index is 11.8. The minimum atomic E-state index is -2.82. The van der Waals surface area contributed by atoms with Gasteiger partial charge in [0.2, 0.25) is 0 Å². The van der Waals surface area contributed by atoms with E-state index in [1.807, 2.05) is 24.3 Å². The number of imidazole rings is 1. The summed E-state index contributed by atoms with van der Waals surface area (Å²) in [5.74, 6) is 1.71. The molecule has 1 unspecified atom stereocenters. The lowest BCUT2D eigenvalue weighted by atomic mass is 9.79. The van der Waals surface area contributed by atoms with Crippen molar-refractivity contribution in [2.24, 2.45) is 5.41 Å². The highest BCUT2D eigenvalue weighted by atomic mass is 32.2. The number of likely N-dealkylation sites (tertiary alicyclic amines) is 1. The predicted octanol–water partition coefficient (Wildman–Crippen LogP) is 1.96. The number of hydrogen-bond acceptors (Lipinski definition) is 4. The van der Waals surface area contributed by atoms with Crippen LogP contribution in [0.2, 0.25) is 0 Å². The monoisotopic (exact) mass is 319 g/mol. The Bertz CT molecular complexity index is 766. The molecule has 2 aliphatic heterocycles. The van der Waals surface area contributed by atoms with Crippen LogP contribution in [-0.2, 0) is 16.4 Å². The van der Waals surface area contributed by atoms with Crippen LogP contribution < -0.4 is 0 Å². The molecule has 2 saturated heterocycles. The highest BCUT2D eigenvalue weighted by Gasteiger charge is 2.44. The number of aromatic nitrogens is 2. The number of piperidine rings is 1. The van der Waals surface area contributed by atoms with Crippen molar-refractivity contribution in [1.29, 1.82) is 0 Å². The number of rotatable bonds is 2. The van der Waals surface area contributed by atoms with Crippen molar-refractivity contribution in [2.45, 2.75) is 25.8 Å². The molecule has 0 amide bonds. The van der Waals surface area contributed by atoms with Crippen LogP contribution >= 0.6 is 0 Å². The molecule has 3 heterocycles. The van der Waals surface area contributed by atoms with Gasteiger partial charge in [-0.1, -0.05) is 12.1 Å². The van der Waals surface area contributed by atoms with Crippen LogP contribution in [0.1, 0.15) is 25.1 Å². The Hall–Kier alpha value is -1.40. The molecule has 2 fully saturated rings. The first-order valence-corrected chi connectivity index (χ1v) is 9.72. The van der Waals surface area contributed by atoms with Gasteiger partial charge in [-0.2, -0.15) is 0 Å². The zero-order valence-corrected chi connectivity index (χ0v) is 13.4. The van der Waals surface area contributed by atoms with Crippen LogP contribution in [-0.4, -0.2) is 47.9 Å². The van der Waals surface area contributed by atoms with Gasteiger partial charge in [0.25, 0.3) is 0 Å². The summed E-state index contributed by atoms with van der Waals surface area (Å²) in [5.41, 5.74) is 2.05. The van der Waals surface area contributed by atoms with Gasteiger partial charge in [0.05, 0.1) is 29.1 Å². The number of fused-ring (bicyclic) bond motifs is 1. The number of nitrogens with zero attached hydrogens (tertiary/aromatic N) is 2. The quantitative estimate of drug-likeness (QED) is 0.919.